The predicted octanol–water partition coefficient (Wildman–Crippen LogP) is 3.85. The lowest BCUT2D eigenvalue weighted by Gasteiger charge is -2.13. The van der Waals surface area contributed by atoms with Gasteiger partial charge in [-0.05, 0) is 54.3 Å². The molecule has 136 valence electrons. The molecule has 0 aliphatic carbocycles. The third-order valence-corrected chi connectivity index (χ3v) is 5.24. The summed E-state index contributed by atoms with van der Waals surface area (Å²) in [5.41, 5.74) is 0.759. The summed E-state index contributed by atoms with van der Waals surface area (Å²) in [6, 6.07) is 11.8. The zero-order valence-electron chi connectivity index (χ0n) is 14.3. The van der Waals surface area contributed by atoms with E-state index in [-0.39, 0.29) is 12.1 Å². The maximum absolute atomic E-state index is 14.1. The van der Waals surface area contributed by atoms with E-state index in [0.29, 0.717) is 15.9 Å². The molecule has 0 aliphatic heterocycles. The maximum atomic E-state index is 14.1. The van der Waals surface area contributed by atoms with E-state index in [0.717, 1.165) is 28.3 Å². The fraction of sp³-hybridized carbons (Fsp3) is 0.100. The number of aryl methyl sites for hydroxylation is 1. The summed E-state index contributed by atoms with van der Waals surface area (Å²) in [4.78, 5) is 26.0. The van der Waals surface area contributed by atoms with Gasteiger partial charge in [0.25, 0.3) is 5.56 Å². The molecule has 4 rings (SSSR count). The fourth-order valence-electron chi connectivity index (χ4n) is 3.07. The zero-order chi connectivity index (χ0) is 19.1. The Morgan fingerprint density at radius 3 is 2.63 bits per heavy atom. The number of halogens is 2. The van der Waals surface area contributed by atoms with Crippen LogP contribution in [0, 0.1) is 18.6 Å². The summed E-state index contributed by atoms with van der Waals surface area (Å²) in [6.45, 7) is 1.68. The topological polar surface area (TPSA) is 44.0 Å². The van der Waals surface area contributed by atoms with Crippen LogP contribution in [0.2, 0.25) is 0 Å². The number of hydrogen-bond acceptors (Lipinski definition) is 3. The Labute approximate surface area is 156 Å². The molecule has 0 amide bonds. The van der Waals surface area contributed by atoms with Crippen LogP contribution in [0.25, 0.3) is 15.9 Å². The molecule has 2 heterocycles. The maximum Gasteiger partial charge on any atom is 0.336 e. The van der Waals surface area contributed by atoms with Crippen LogP contribution in [0.5, 0.6) is 0 Å². The molecular weight excluding hydrogens is 370 g/mol. The van der Waals surface area contributed by atoms with Gasteiger partial charge in [-0.15, -0.1) is 11.3 Å². The summed E-state index contributed by atoms with van der Waals surface area (Å²) in [7, 11) is 0. The van der Waals surface area contributed by atoms with Crippen LogP contribution < -0.4 is 11.2 Å². The third kappa shape index (κ3) is 3.00. The van der Waals surface area contributed by atoms with Gasteiger partial charge in [-0.25, -0.2) is 18.1 Å². The van der Waals surface area contributed by atoms with Gasteiger partial charge in [-0.1, -0.05) is 12.1 Å². The molecule has 0 radical (unpaired) electrons. The highest BCUT2D eigenvalue weighted by Gasteiger charge is 2.17. The van der Waals surface area contributed by atoms with Gasteiger partial charge in [0, 0.05) is 5.56 Å². The first-order valence-electron chi connectivity index (χ1n) is 8.20. The quantitative estimate of drug-likeness (QED) is 0.539. The molecule has 0 bridgehead atoms. The van der Waals surface area contributed by atoms with Gasteiger partial charge in [0.15, 0.2) is 0 Å². The molecule has 4 aromatic rings. The van der Waals surface area contributed by atoms with E-state index in [9.17, 15) is 18.4 Å². The Morgan fingerprint density at radius 1 is 1.04 bits per heavy atom. The SMILES string of the molecule is Cc1cccc(-n2c(=O)c3sccc3n(Cc3cc(F)ccc3F)c2=O)c1. The molecule has 0 unspecified atom stereocenters. The average Bonchev–Trinajstić information content (AvgIpc) is 3.12. The van der Waals surface area contributed by atoms with E-state index >= 15 is 0 Å². The molecule has 0 saturated carbocycles. The van der Waals surface area contributed by atoms with Crippen LogP contribution >= 0.6 is 11.3 Å². The van der Waals surface area contributed by atoms with Crippen LogP contribution in [0.15, 0.2) is 63.5 Å². The fourth-order valence-corrected chi connectivity index (χ4v) is 3.89. The lowest BCUT2D eigenvalue weighted by atomic mass is 10.2. The lowest BCUT2D eigenvalue weighted by Crippen LogP contribution is -2.38. The summed E-state index contributed by atoms with van der Waals surface area (Å²) < 4.78 is 30.4. The first-order chi connectivity index (χ1) is 13.0. The van der Waals surface area contributed by atoms with E-state index < -0.39 is 22.9 Å². The average molecular weight is 384 g/mol. The van der Waals surface area contributed by atoms with Crippen molar-refractivity contribution in [2.45, 2.75) is 13.5 Å². The summed E-state index contributed by atoms with van der Waals surface area (Å²) >= 11 is 1.21. The molecule has 7 heteroatoms. The smallest absolute Gasteiger partial charge is 0.287 e. The van der Waals surface area contributed by atoms with Crippen LogP contribution in [-0.4, -0.2) is 9.13 Å². The van der Waals surface area contributed by atoms with E-state index in [1.807, 2.05) is 13.0 Å². The van der Waals surface area contributed by atoms with Crippen molar-refractivity contribution in [1.82, 2.24) is 9.13 Å². The molecule has 0 fully saturated rings. The van der Waals surface area contributed by atoms with Gasteiger partial charge < -0.3 is 0 Å². The van der Waals surface area contributed by atoms with E-state index in [4.69, 9.17) is 0 Å². The molecule has 2 aromatic heterocycles. The Balaban J connectivity index is 2.01. The number of thiophene rings is 1. The molecule has 0 aliphatic rings. The molecule has 0 saturated heterocycles. The van der Waals surface area contributed by atoms with Crippen molar-refractivity contribution < 1.29 is 8.78 Å². The number of fused-ring (bicyclic) bond motifs is 1. The number of benzene rings is 2. The van der Waals surface area contributed by atoms with Gasteiger partial charge in [-0.3, -0.25) is 9.36 Å². The molecule has 0 atom stereocenters. The minimum absolute atomic E-state index is 0.0408. The van der Waals surface area contributed by atoms with Crippen molar-refractivity contribution in [2.75, 3.05) is 0 Å². The van der Waals surface area contributed by atoms with Gasteiger partial charge in [-0.2, -0.15) is 0 Å². The molecule has 2 aromatic carbocycles. The van der Waals surface area contributed by atoms with Crippen LogP contribution in [0.3, 0.4) is 0 Å². The predicted molar refractivity (Wildman–Crippen MR) is 102 cm³/mol. The van der Waals surface area contributed by atoms with E-state index in [1.54, 1.807) is 29.6 Å². The number of hydrogen-bond donors (Lipinski definition) is 0. The number of aromatic nitrogens is 2. The normalized spacial score (nSPS) is 11.2. The Bertz CT molecular complexity index is 1290. The zero-order valence-corrected chi connectivity index (χ0v) is 15.1. The van der Waals surface area contributed by atoms with E-state index in [2.05, 4.69) is 0 Å². The summed E-state index contributed by atoms with van der Waals surface area (Å²) in [6.07, 6.45) is 0. The highest BCUT2D eigenvalue weighted by molar-refractivity contribution is 7.17. The Kier molecular flexibility index (Phi) is 4.24. The van der Waals surface area contributed by atoms with E-state index in [1.165, 1.54) is 15.9 Å². The summed E-state index contributed by atoms with van der Waals surface area (Å²) in [5, 5.41) is 1.70. The van der Waals surface area contributed by atoms with Gasteiger partial charge in [0.05, 0.1) is 17.7 Å². The molecule has 4 nitrogen and oxygen atoms in total. The molecule has 0 N–H and O–H groups in total. The van der Waals surface area contributed by atoms with Crippen LogP contribution in [-0.2, 0) is 6.54 Å². The monoisotopic (exact) mass is 384 g/mol. The number of nitrogens with zero attached hydrogens (tertiary/aromatic N) is 2. The van der Waals surface area contributed by atoms with Crippen molar-refractivity contribution in [2.24, 2.45) is 0 Å². The third-order valence-electron chi connectivity index (χ3n) is 4.35. The molecule has 27 heavy (non-hydrogen) atoms. The second-order valence-electron chi connectivity index (χ2n) is 6.22. The van der Waals surface area contributed by atoms with Crippen LogP contribution in [0.4, 0.5) is 8.78 Å². The van der Waals surface area contributed by atoms with Crippen molar-refractivity contribution in [3.63, 3.8) is 0 Å². The van der Waals surface area contributed by atoms with Crippen molar-refractivity contribution >= 4 is 21.6 Å². The number of rotatable bonds is 3. The summed E-state index contributed by atoms with van der Waals surface area (Å²) in [5.74, 6) is -1.20. The largest absolute Gasteiger partial charge is 0.336 e. The van der Waals surface area contributed by atoms with Crippen LogP contribution in [0.1, 0.15) is 11.1 Å². The molecule has 0 spiro atoms. The van der Waals surface area contributed by atoms with Crippen molar-refractivity contribution in [1.29, 1.82) is 0 Å². The first kappa shape index (κ1) is 17.4. The van der Waals surface area contributed by atoms with Gasteiger partial charge >= 0.3 is 5.69 Å². The first-order valence-corrected chi connectivity index (χ1v) is 9.07. The minimum atomic E-state index is -0.611. The second-order valence-corrected chi connectivity index (χ2v) is 7.14. The highest BCUT2D eigenvalue weighted by atomic mass is 32.1. The Hall–Kier alpha value is -3.06. The Morgan fingerprint density at radius 2 is 1.85 bits per heavy atom. The van der Waals surface area contributed by atoms with Gasteiger partial charge in [0.1, 0.15) is 16.3 Å². The molecular formula is C20H14F2N2O2S. The highest BCUT2D eigenvalue weighted by Crippen LogP contribution is 2.19. The second kappa shape index (κ2) is 6.59. The van der Waals surface area contributed by atoms with Crippen molar-refractivity contribution in [3.05, 3.63) is 97.5 Å². The van der Waals surface area contributed by atoms with Gasteiger partial charge in [0.2, 0.25) is 0 Å². The minimum Gasteiger partial charge on any atom is -0.287 e. The van der Waals surface area contributed by atoms with Crippen molar-refractivity contribution in [3.8, 4) is 5.69 Å². The standard InChI is InChI=1S/C20H14F2N2O2S/c1-12-3-2-4-15(9-12)24-19(25)18-17(7-8-27-18)23(20(24)26)11-13-10-14(21)5-6-16(13)22/h2-10H,11H2,1H3. The lowest BCUT2D eigenvalue weighted by molar-refractivity contribution is 0.573.